The van der Waals surface area contributed by atoms with E-state index in [-0.39, 0.29) is 17.4 Å². The molecule has 0 aromatic carbocycles. The molecule has 0 aromatic heterocycles. The molecular formula is C9H11F9N2O7S3. The van der Waals surface area contributed by atoms with Gasteiger partial charge >= 0.3 is 42.2 Å². The predicted octanol–water partition coefficient (Wildman–Crippen LogP) is 0.581. The first-order valence-electron chi connectivity index (χ1n) is 7.04. The zero-order valence-corrected chi connectivity index (χ0v) is 16.7. The summed E-state index contributed by atoms with van der Waals surface area (Å²) < 4.78 is 188. The lowest BCUT2D eigenvalue weighted by Gasteiger charge is -2.37. The van der Waals surface area contributed by atoms with Crippen molar-refractivity contribution in [3.05, 3.63) is 0 Å². The van der Waals surface area contributed by atoms with Crippen LogP contribution in [0.1, 0.15) is 0 Å². The van der Waals surface area contributed by atoms with E-state index in [1.54, 1.807) is 0 Å². The molecule has 21 heteroatoms. The number of nitrogens with zero attached hydrogens (tertiary/aromatic N) is 2. The van der Waals surface area contributed by atoms with E-state index in [2.05, 4.69) is 0 Å². The average Bonchev–Trinajstić information content (AvgIpc) is 2.52. The van der Waals surface area contributed by atoms with E-state index < -0.39 is 65.3 Å². The fourth-order valence-electron chi connectivity index (χ4n) is 1.88. The van der Waals surface area contributed by atoms with Gasteiger partial charge in [0.1, 0.15) is 0 Å². The lowest BCUT2D eigenvalue weighted by atomic mass is 10.3. The molecule has 0 spiro atoms. The van der Waals surface area contributed by atoms with E-state index in [0.29, 0.717) is 0 Å². The number of halogens is 9. The summed E-state index contributed by atoms with van der Waals surface area (Å²) in [6.07, 6.45) is 0. The monoisotopic (exact) mass is 526 g/mol. The van der Waals surface area contributed by atoms with Crippen LogP contribution in [0.2, 0.25) is 0 Å². The minimum atomic E-state index is -8.00. The van der Waals surface area contributed by atoms with Crippen molar-refractivity contribution in [3.63, 3.8) is 0 Å². The van der Waals surface area contributed by atoms with Crippen molar-refractivity contribution in [2.75, 3.05) is 33.2 Å². The topological polar surface area (TPSA) is 118 Å². The standard InChI is InChI=1S/C9H11F9N2O7S3/c1-19-2-4-20(5-3-19)28(21,22)7(12,13)6(10,11)8(14,15)29(23,24)27-30(25,26)9(16,17)18/h2-5H2,1H3. The summed E-state index contributed by atoms with van der Waals surface area (Å²) in [6.45, 7) is -2.44. The SMILES string of the molecule is CN1CCN(S(=O)(=O)C(F)(F)C(F)(F)C(F)(F)S(=O)(=O)OS(=O)(=O)C(F)(F)F)CC1. The molecule has 1 aliphatic rings. The quantitative estimate of drug-likeness (QED) is 0.349. The number of hydrogen-bond acceptors (Lipinski definition) is 8. The third-order valence-corrected chi connectivity index (χ3v) is 8.47. The highest BCUT2D eigenvalue weighted by Crippen LogP contribution is 2.52. The van der Waals surface area contributed by atoms with Gasteiger partial charge in [0.15, 0.2) is 0 Å². The van der Waals surface area contributed by atoms with Gasteiger partial charge in [-0.05, 0) is 7.05 Å². The minimum Gasteiger partial charge on any atom is -0.304 e. The van der Waals surface area contributed by atoms with Gasteiger partial charge in [0.2, 0.25) is 0 Å². The number of rotatable bonds is 7. The maximum Gasteiger partial charge on any atom is 0.524 e. The summed E-state index contributed by atoms with van der Waals surface area (Å²) in [4.78, 5) is 1.33. The van der Waals surface area contributed by atoms with Crippen LogP contribution in [0, 0.1) is 0 Å². The molecule has 0 unspecified atom stereocenters. The molecule has 0 aromatic rings. The van der Waals surface area contributed by atoms with Crippen LogP contribution < -0.4 is 0 Å². The van der Waals surface area contributed by atoms with Crippen molar-refractivity contribution < 1.29 is 68.4 Å². The molecule has 0 atom stereocenters. The van der Waals surface area contributed by atoms with Crippen LogP contribution in [0.4, 0.5) is 39.5 Å². The second-order valence-electron chi connectivity index (χ2n) is 5.74. The third-order valence-electron chi connectivity index (χ3n) is 3.63. The van der Waals surface area contributed by atoms with Crippen LogP contribution in [0.25, 0.3) is 0 Å². The fraction of sp³-hybridized carbons (Fsp3) is 1.00. The summed E-state index contributed by atoms with van der Waals surface area (Å²) in [5.74, 6) is -7.46. The number of alkyl halides is 9. The van der Waals surface area contributed by atoms with E-state index in [9.17, 15) is 64.8 Å². The highest BCUT2D eigenvalue weighted by atomic mass is 32.3. The molecule has 0 N–H and O–H groups in total. The van der Waals surface area contributed by atoms with Crippen LogP contribution in [0.5, 0.6) is 0 Å². The molecule has 1 rings (SSSR count). The minimum absolute atomic E-state index is 0.317. The Morgan fingerprint density at radius 2 is 1.07 bits per heavy atom. The normalized spacial score (nSPS) is 19.8. The molecule has 1 fully saturated rings. The molecule has 0 aliphatic carbocycles. The zero-order valence-electron chi connectivity index (χ0n) is 14.2. The Kier molecular flexibility index (Phi) is 6.88. The number of likely N-dealkylation sites (N-methyl/N-ethyl adjacent to an activating group) is 1. The lowest BCUT2D eigenvalue weighted by molar-refractivity contribution is -0.246. The molecule has 30 heavy (non-hydrogen) atoms. The first-order chi connectivity index (χ1) is 13.0. The molecule has 9 nitrogen and oxygen atoms in total. The Labute approximate surface area is 163 Å². The molecular weight excluding hydrogens is 515 g/mol. The Balaban J connectivity index is 3.45. The summed E-state index contributed by atoms with van der Waals surface area (Å²) in [7, 11) is -20.9. The first kappa shape index (κ1) is 27.1. The van der Waals surface area contributed by atoms with Gasteiger partial charge in [-0.2, -0.15) is 60.7 Å². The second kappa shape index (κ2) is 7.60. The second-order valence-corrected chi connectivity index (χ2v) is 11.1. The van der Waals surface area contributed by atoms with E-state index in [1.807, 2.05) is 3.63 Å². The van der Waals surface area contributed by atoms with Crippen LogP contribution in [0.3, 0.4) is 0 Å². The predicted molar refractivity (Wildman–Crippen MR) is 77.8 cm³/mol. The maximum atomic E-state index is 14.0. The highest BCUT2D eigenvalue weighted by molar-refractivity contribution is 8.00. The summed E-state index contributed by atoms with van der Waals surface area (Å²) in [6, 6.07) is 0. The molecule has 0 amide bonds. The molecule has 0 bridgehead atoms. The van der Waals surface area contributed by atoms with Crippen molar-refractivity contribution in [2.24, 2.45) is 0 Å². The van der Waals surface area contributed by atoms with Gasteiger partial charge < -0.3 is 4.90 Å². The Morgan fingerprint density at radius 3 is 1.43 bits per heavy atom. The average molecular weight is 526 g/mol. The number of piperazine rings is 1. The molecule has 0 radical (unpaired) electrons. The van der Waals surface area contributed by atoms with Crippen molar-refractivity contribution in [3.8, 4) is 0 Å². The summed E-state index contributed by atoms with van der Waals surface area (Å²) in [5, 5.41) is -14.3. The molecule has 0 saturated carbocycles. The third kappa shape index (κ3) is 4.23. The van der Waals surface area contributed by atoms with E-state index in [1.165, 1.54) is 11.9 Å². The zero-order chi connectivity index (χ0) is 24.2. The van der Waals surface area contributed by atoms with E-state index in [0.717, 1.165) is 0 Å². The highest BCUT2D eigenvalue weighted by Gasteiger charge is 2.83. The van der Waals surface area contributed by atoms with E-state index in [4.69, 9.17) is 0 Å². The van der Waals surface area contributed by atoms with Crippen LogP contribution in [-0.4, -0.2) is 89.6 Å². The Bertz CT molecular complexity index is 968. The van der Waals surface area contributed by atoms with E-state index >= 15 is 0 Å². The number of sulfonamides is 1. The largest absolute Gasteiger partial charge is 0.524 e. The molecule has 1 aliphatic heterocycles. The van der Waals surface area contributed by atoms with Crippen LogP contribution in [0.15, 0.2) is 0 Å². The molecule has 1 heterocycles. The maximum absolute atomic E-state index is 14.0. The first-order valence-corrected chi connectivity index (χ1v) is 11.3. The fourth-order valence-corrected chi connectivity index (χ4v) is 5.40. The molecule has 1 saturated heterocycles. The number of hydrogen-bond donors (Lipinski definition) is 0. The molecule has 180 valence electrons. The summed E-state index contributed by atoms with van der Waals surface area (Å²) in [5.41, 5.74) is -6.72. The smallest absolute Gasteiger partial charge is 0.304 e. The van der Waals surface area contributed by atoms with Gasteiger partial charge in [0.25, 0.3) is 10.0 Å². The summed E-state index contributed by atoms with van der Waals surface area (Å²) >= 11 is 0. The van der Waals surface area contributed by atoms with Gasteiger partial charge in [-0.15, -0.1) is 3.63 Å². The van der Waals surface area contributed by atoms with Gasteiger partial charge in [-0.25, -0.2) is 8.42 Å². The van der Waals surface area contributed by atoms with Crippen molar-refractivity contribution in [1.82, 2.24) is 9.21 Å². The Morgan fingerprint density at radius 1 is 0.667 bits per heavy atom. The van der Waals surface area contributed by atoms with Crippen molar-refractivity contribution in [2.45, 2.75) is 21.9 Å². The van der Waals surface area contributed by atoms with Gasteiger partial charge in [0, 0.05) is 26.2 Å². The lowest BCUT2D eigenvalue weighted by Crippen LogP contribution is -2.64. The Hall–Kier alpha value is -0.900. The van der Waals surface area contributed by atoms with Crippen LogP contribution in [-0.2, 0) is 33.9 Å². The van der Waals surface area contributed by atoms with Crippen molar-refractivity contribution in [1.29, 1.82) is 0 Å². The van der Waals surface area contributed by atoms with Crippen molar-refractivity contribution >= 4 is 30.3 Å². The van der Waals surface area contributed by atoms with Gasteiger partial charge in [0.05, 0.1) is 0 Å². The van der Waals surface area contributed by atoms with Gasteiger partial charge in [-0.3, -0.25) is 0 Å². The van der Waals surface area contributed by atoms with Crippen LogP contribution >= 0.6 is 0 Å². The van der Waals surface area contributed by atoms with Gasteiger partial charge in [-0.1, -0.05) is 0 Å².